The van der Waals surface area contributed by atoms with Gasteiger partial charge in [-0.15, -0.1) is 11.3 Å². The first-order chi connectivity index (χ1) is 9.19. The van der Waals surface area contributed by atoms with E-state index < -0.39 is 0 Å². The maximum atomic E-state index is 5.12. The van der Waals surface area contributed by atoms with Crippen LogP contribution in [0.25, 0.3) is 0 Å². The smallest absolute Gasteiger partial charge is 0.191 e. The Bertz CT molecular complexity index is 390. The molecule has 1 aromatic heterocycles. The van der Waals surface area contributed by atoms with E-state index in [0.29, 0.717) is 6.61 Å². The molecule has 4 nitrogen and oxygen atoms in total. The number of nitrogens with zero attached hydrogens (tertiary/aromatic N) is 1. The fourth-order valence-electron chi connectivity index (χ4n) is 1.70. The second kappa shape index (κ2) is 8.93. The zero-order chi connectivity index (χ0) is 14.1. The Balaban J connectivity index is 2.56. The Kier molecular flexibility index (Phi) is 7.52. The van der Waals surface area contributed by atoms with E-state index in [0.717, 1.165) is 25.5 Å². The Morgan fingerprint density at radius 2 is 2.11 bits per heavy atom. The molecule has 1 heterocycles. The molecule has 0 bridgehead atoms. The molecule has 1 unspecified atom stereocenters. The van der Waals surface area contributed by atoms with Crippen LogP contribution >= 0.6 is 11.3 Å². The molecule has 0 aliphatic carbocycles. The summed E-state index contributed by atoms with van der Waals surface area (Å²) < 4.78 is 5.12. The van der Waals surface area contributed by atoms with Gasteiger partial charge in [0, 0.05) is 29.5 Å². The number of nitrogens with one attached hydrogen (secondary N) is 2. The lowest BCUT2D eigenvalue weighted by Crippen LogP contribution is -2.43. The summed E-state index contributed by atoms with van der Waals surface area (Å²) in [5.74, 6) is 0.846. The zero-order valence-corrected chi connectivity index (χ0v) is 13.1. The van der Waals surface area contributed by atoms with Gasteiger partial charge in [0.15, 0.2) is 5.96 Å². The molecule has 0 amide bonds. The van der Waals surface area contributed by atoms with E-state index in [1.54, 1.807) is 7.11 Å². The molecular weight excluding hydrogens is 258 g/mol. The summed E-state index contributed by atoms with van der Waals surface area (Å²) in [5, 5.41) is 6.58. The largest absolute Gasteiger partial charge is 0.383 e. The highest BCUT2D eigenvalue weighted by Crippen LogP contribution is 2.17. The molecule has 0 saturated carbocycles. The van der Waals surface area contributed by atoms with Crippen molar-refractivity contribution in [1.29, 1.82) is 0 Å². The molecule has 0 aliphatic rings. The normalized spacial score (nSPS) is 13.4. The lowest BCUT2D eigenvalue weighted by Gasteiger charge is -2.16. The SMILES string of the molecule is CCNC(=NCc1ccc(CC)s1)NC(C)COC. The molecular formula is C14H25N3OS. The summed E-state index contributed by atoms with van der Waals surface area (Å²) >= 11 is 1.83. The van der Waals surface area contributed by atoms with Gasteiger partial charge in [-0.3, -0.25) is 0 Å². The van der Waals surface area contributed by atoms with Crippen molar-refractivity contribution < 1.29 is 4.74 Å². The lowest BCUT2D eigenvalue weighted by atomic mass is 10.3. The van der Waals surface area contributed by atoms with Crippen molar-refractivity contribution in [2.75, 3.05) is 20.3 Å². The first-order valence-electron chi connectivity index (χ1n) is 6.80. The molecule has 2 N–H and O–H groups in total. The van der Waals surface area contributed by atoms with Crippen LogP contribution in [-0.4, -0.2) is 32.3 Å². The maximum absolute atomic E-state index is 5.12. The number of aliphatic imine (C=N–C) groups is 1. The predicted molar refractivity (Wildman–Crippen MR) is 83.0 cm³/mol. The molecule has 1 atom stereocenters. The minimum atomic E-state index is 0.248. The van der Waals surface area contributed by atoms with E-state index in [2.05, 4.69) is 48.5 Å². The highest BCUT2D eigenvalue weighted by Gasteiger charge is 2.04. The van der Waals surface area contributed by atoms with Crippen LogP contribution in [-0.2, 0) is 17.7 Å². The van der Waals surface area contributed by atoms with Gasteiger partial charge in [-0.25, -0.2) is 4.99 Å². The van der Waals surface area contributed by atoms with Crippen LogP contribution in [0.15, 0.2) is 17.1 Å². The van der Waals surface area contributed by atoms with Crippen LogP contribution in [0.4, 0.5) is 0 Å². The van der Waals surface area contributed by atoms with Gasteiger partial charge < -0.3 is 15.4 Å². The van der Waals surface area contributed by atoms with Crippen molar-refractivity contribution in [2.45, 2.75) is 39.8 Å². The van der Waals surface area contributed by atoms with Gasteiger partial charge in [0.2, 0.25) is 0 Å². The van der Waals surface area contributed by atoms with Crippen LogP contribution in [0, 0.1) is 0 Å². The highest BCUT2D eigenvalue weighted by molar-refractivity contribution is 7.11. The van der Waals surface area contributed by atoms with Crippen molar-refractivity contribution in [1.82, 2.24) is 10.6 Å². The Morgan fingerprint density at radius 3 is 2.68 bits per heavy atom. The van der Waals surface area contributed by atoms with Gasteiger partial charge in [0.25, 0.3) is 0 Å². The van der Waals surface area contributed by atoms with Crippen molar-refractivity contribution in [3.8, 4) is 0 Å². The molecule has 108 valence electrons. The number of aryl methyl sites for hydroxylation is 1. The summed E-state index contributed by atoms with van der Waals surface area (Å²) in [6.45, 7) is 8.57. The van der Waals surface area contributed by atoms with Crippen molar-refractivity contribution in [3.05, 3.63) is 21.9 Å². The summed E-state index contributed by atoms with van der Waals surface area (Å²) in [5.41, 5.74) is 0. The molecule has 0 spiro atoms. The van der Waals surface area contributed by atoms with Gasteiger partial charge >= 0.3 is 0 Å². The van der Waals surface area contributed by atoms with Gasteiger partial charge in [0.05, 0.1) is 13.2 Å². The van der Waals surface area contributed by atoms with Gasteiger partial charge in [-0.1, -0.05) is 6.92 Å². The van der Waals surface area contributed by atoms with Crippen LogP contribution in [0.2, 0.25) is 0 Å². The van der Waals surface area contributed by atoms with Crippen molar-refractivity contribution in [2.24, 2.45) is 4.99 Å². The third-order valence-corrected chi connectivity index (χ3v) is 3.82. The summed E-state index contributed by atoms with van der Waals surface area (Å²) in [7, 11) is 1.71. The van der Waals surface area contributed by atoms with Gasteiger partial charge in [-0.05, 0) is 32.4 Å². The number of hydrogen-bond acceptors (Lipinski definition) is 3. The first-order valence-corrected chi connectivity index (χ1v) is 7.62. The van der Waals surface area contributed by atoms with E-state index in [-0.39, 0.29) is 6.04 Å². The van der Waals surface area contributed by atoms with Crippen LogP contribution < -0.4 is 10.6 Å². The quantitative estimate of drug-likeness (QED) is 0.596. The molecule has 5 heteroatoms. The molecule has 0 aliphatic heterocycles. The van der Waals surface area contributed by atoms with Crippen molar-refractivity contribution >= 4 is 17.3 Å². The summed E-state index contributed by atoms with van der Waals surface area (Å²) in [6.07, 6.45) is 1.09. The van der Waals surface area contributed by atoms with Crippen LogP contribution in [0.1, 0.15) is 30.5 Å². The number of thiophene rings is 1. The minimum absolute atomic E-state index is 0.248. The Labute approximate surface area is 120 Å². The van der Waals surface area contributed by atoms with E-state index in [4.69, 9.17) is 4.74 Å². The molecule has 0 radical (unpaired) electrons. The van der Waals surface area contributed by atoms with Gasteiger partial charge in [-0.2, -0.15) is 0 Å². The average molecular weight is 283 g/mol. The molecule has 0 saturated heterocycles. The topological polar surface area (TPSA) is 45.7 Å². The average Bonchev–Trinajstić information content (AvgIpc) is 2.84. The van der Waals surface area contributed by atoms with E-state index in [1.165, 1.54) is 9.75 Å². The van der Waals surface area contributed by atoms with Crippen molar-refractivity contribution in [3.63, 3.8) is 0 Å². The molecule has 1 rings (SSSR count). The first kappa shape index (κ1) is 16.0. The molecule has 19 heavy (non-hydrogen) atoms. The molecule has 1 aromatic rings. The predicted octanol–water partition coefficient (Wildman–Crippen LogP) is 2.40. The fraction of sp³-hybridized carbons (Fsp3) is 0.643. The zero-order valence-electron chi connectivity index (χ0n) is 12.3. The highest BCUT2D eigenvalue weighted by atomic mass is 32.1. The maximum Gasteiger partial charge on any atom is 0.191 e. The summed E-state index contributed by atoms with van der Waals surface area (Å²) in [6, 6.07) is 4.59. The Morgan fingerprint density at radius 1 is 1.37 bits per heavy atom. The number of rotatable bonds is 7. The number of hydrogen-bond donors (Lipinski definition) is 2. The number of guanidine groups is 1. The fourth-order valence-corrected chi connectivity index (χ4v) is 2.58. The third-order valence-electron chi connectivity index (χ3n) is 2.60. The van der Waals surface area contributed by atoms with E-state index in [1.807, 2.05) is 11.3 Å². The molecule has 0 fully saturated rings. The van der Waals surface area contributed by atoms with Crippen LogP contribution in [0.5, 0.6) is 0 Å². The van der Waals surface area contributed by atoms with Gasteiger partial charge in [0.1, 0.15) is 0 Å². The van der Waals surface area contributed by atoms with Crippen LogP contribution in [0.3, 0.4) is 0 Å². The molecule has 0 aromatic carbocycles. The minimum Gasteiger partial charge on any atom is -0.383 e. The standard InChI is InChI=1S/C14H25N3OS/c1-5-12-7-8-13(19-12)9-16-14(15-6-2)17-11(3)10-18-4/h7-8,11H,5-6,9-10H2,1-4H3,(H2,15,16,17). The second-order valence-electron chi connectivity index (χ2n) is 4.42. The lowest BCUT2D eigenvalue weighted by molar-refractivity contribution is 0.179. The number of methoxy groups -OCH3 is 1. The monoisotopic (exact) mass is 283 g/mol. The second-order valence-corrected chi connectivity index (χ2v) is 5.67. The van der Waals surface area contributed by atoms with E-state index in [9.17, 15) is 0 Å². The van der Waals surface area contributed by atoms with E-state index >= 15 is 0 Å². The Hall–Kier alpha value is -1.07. The summed E-state index contributed by atoms with van der Waals surface area (Å²) in [4.78, 5) is 7.32. The third kappa shape index (κ3) is 6.07. The number of ether oxygens (including phenoxy) is 1.